The Kier molecular flexibility index (Phi) is 5.79. The lowest BCUT2D eigenvalue weighted by Crippen LogP contribution is -2.39. The van der Waals surface area contributed by atoms with Crippen LogP contribution >= 0.6 is 23.2 Å². The molecule has 4 nitrogen and oxygen atoms in total. The van der Waals surface area contributed by atoms with Gasteiger partial charge in [0.05, 0.1) is 29.4 Å². The van der Waals surface area contributed by atoms with Crippen molar-refractivity contribution in [3.63, 3.8) is 0 Å². The van der Waals surface area contributed by atoms with Crippen molar-refractivity contribution in [2.45, 2.75) is 0 Å². The molecule has 2 heterocycles. The lowest BCUT2D eigenvalue weighted by Gasteiger charge is -2.26. The molecule has 1 saturated heterocycles. The molecule has 4 rings (SSSR count). The quantitative estimate of drug-likeness (QED) is 0.655. The molecule has 3 aromatic rings. The fourth-order valence-corrected chi connectivity index (χ4v) is 3.71. The SMILES string of the molecule is Clc1ccc(Cl)c(-c2cc(NCCN3CCOCC3)c3ccccc3n2)c1. The van der Waals surface area contributed by atoms with Crippen molar-refractivity contribution in [1.82, 2.24) is 9.88 Å². The molecule has 0 saturated carbocycles. The summed E-state index contributed by atoms with van der Waals surface area (Å²) >= 11 is 12.6. The average molecular weight is 402 g/mol. The number of nitrogens with one attached hydrogen (secondary N) is 1. The smallest absolute Gasteiger partial charge is 0.0745 e. The standard InChI is InChI=1S/C21H21Cl2N3O/c22-15-5-6-18(23)17(13-15)21-14-20(16-3-1-2-4-19(16)25-21)24-7-8-26-9-11-27-12-10-26/h1-6,13-14H,7-12H2,(H,24,25). The van der Waals surface area contributed by atoms with E-state index in [1.54, 1.807) is 6.07 Å². The molecule has 140 valence electrons. The zero-order valence-electron chi connectivity index (χ0n) is 14.9. The highest BCUT2D eigenvalue weighted by Gasteiger charge is 2.12. The summed E-state index contributed by atoms with van der Waals surface area (Å²) in [4.78, 5) is 7.21. The number of hydrogen-bond donors (Lipinski definition) is 1. The Morgan fingerprint density at radius 2 is 1.85 bits per heavy atom. The first-order valence-corrected chi connectivity index (χ1v) is 9.85. The van der Waals surface area contributed by atoms with E-state index < -0.39 is 0 Å². The second-order valence-electron chi connectivity index (χ2n) is 6.58. The van der Waals surface area contributed by atoms with Crippen molar-refractivity contribution in [1.29, 1.82) is 0 Å². The number of hydrogen-bond acceptors (Lipinski definition) is 4. The van der Waals surface area contributed by atoms with E-state index in [0.29, 0.717) is 10.0 Å². The van der Waals surface area contributed by atoms with Crippen LogP contribution in [0.25, 0.3) is 22.2 Å². The number of nitrogens with zero attached hydrogens (tertiary/aromatic N) is 2. The zero-order valence-corrected chi connectivity index (χ0v) is 16.4. The van der Waals surface area contributed by atoms with Gasteiger partial charge in [-0.3, -0.25) is 4.90 Å². The maximum absolute atomic E-state index is 6.40. The van der Waals surface area contributed by atoms with Crippen LogP contribution < -0.4 is 5.32 Å². The molecule has 0 amide bonds. The largest absolute Gasteiger partial charge is 0.383 e. The predicted octanol–water partition coefficient (Wildman–Crippen LogP) is 4.95. The molecule has 2 aromatic carbocycles. The topological polar surface area (TPSA) is 37.4 Å². The molecule has 0 aliphatic carbocycles. The number of anilines is 1. The first-order chi connectivity index (χ1) is 13.2. The molecule has 0 bridgehead atoms. The summed E-state index contributed by atoms with van der Waals surface area (Å²) in [5.41, 5.74) is 3.64. The van der Waals surface area contributed by atoms with Crippen LogP contribution in [0, 0.1) is 0 Å². The van der Waals surface area contributed by atoms with Gasteiger partial charge in [-0.05, 0) is 30.3 Å². The van der Waals surface area contributed by atoms with Gasteiger partial charge in [0.2, 0.25) is 0 Å². The summed E-state index contributed by atoms with van der Waals surface area (Å²) in [5, 5.41) is 5.96. The van der Waals surface area contributed by atoms with Crippen LogP contribution in [0.5, 0.6) is 0 Å². The Morgan fingerprint density at radius 3 is 2.70 bits per heavy atom. The fourth-order valence-electron chi connectivity index (χ4n) is 3.33. The van der Waals surface area contributed by atoms with E-state index in [1.807, 2.05) is 30.3 Å². The van der Waals surface area contributed by atoms with Gasteiger partial charge in [0, 0.05) is 47.8 Å². The maximum Gasteiger partial charge on any atom is 0.0745 e. The summed E-state index contributed by atoms with van der Waals surface area (Å²) in [6, 6.07) is 15.6. The molecular weight excluding hydrogens is 381 g/mol. The highest BCUT2D eigenvalue weighted by atomic mass is 35.5. The van der Waals surface area contributed by atoms with E-state index in [1.165, 1.54) is 0 Å². The summed E-state index contributed by atoms with van der Waals surface area (Å²) in [6.07, 6.45) is 0. The third kappa shape index (κ3) is 4.36. The Morgan fingerprint density at radius 1 is 1.04 bits per heavy atom. The van der Waals surface area contributed by atoms with Crippen LogP contribution in [0.15, 0.2) is 48.5 Å². The van der Waals surface area contributed by atoms with E-state index in [2.05, 4.69) is 22.3 Å². The molecule has 27 heavy (non-hydrogen) atoms. The third-order valence-corrected chi connectivity index (χ3v) is 5.33. The van der Waals surface area contributed by atoms with Gasteiger partial charge in [0.15, 0.2) is 0 Å². The number of aromatic nitrogens is 1. The van der Waals surface area contributed by atoms with Crippen LogP contribution in [-0.4, -0.2) is 49.3 Å². The average Bonchev–Trinajstić information content (AvgIpc) is 2.70. The number of ether oxygens (including phenoxy) is 1. The van der Waals surface area contributed by atoms with E-state index in [0.717, 1.165) is 67.2 Å². The molecule has 1 aromatic heterocycles. The van der Waals surface area contributed by atoms with Gasteiger partial charge in [0.1, 0.15) is 0 Å². The minimum absolute atomic E-state index is 0.640. The summed E-state index contributed by atoms with van der Waals surface area (Å²) in [6.45, 7) is 5.44. The number of fused-ring (bicyclic) bond motifs is 1. The van der Waals surface area contributed by atoms with Gasteiger partial charge in [0.25, 0.3) is 0 Å². The van der Waals surface area contributed by atoms with E-state index >= 15 is 0 Å². The Hall–Kier alpha value is -1.85. The third-order valence-electron chi connectivity index (χ3n) is 4.77. The van der Waals surface area contributed by atoms with Crippen LogP contribution in [0.4, 0.5) is 5.69 Å². The molecule has 1 aliphatic heterocycles. The molecule has 0 atom stereocenters. The lowest BCUT2D eigenvalue weighted by molar-refractivity contribution is 0.0398. The minimum atomic E-state index is 0.640. The van der Waals surface area contributed by atoms with E-state index in [-0.39, 0.29) is 0 Å². The first-order valence-electron chi connectivity index (χ1n) is 9.10. The number of morpholine rings is 1. The molecule has 0 spiro atoms. The van der Waals surface area contributed by atoms with Crippen molar-refractivity contribution in [2.75, 3.05) is 44.7 Å². The maximum atomic E-state index is 6.40. The van der Waals surface area contributed by atoms with Gasteiger partial charge in [-0.25, -0.2) is 4.98 Å². The number of rotatable bonds is 5. The number of para-hydroxylation sites is 1. The van der Waals surface area contributed by atoms with E-state index in [9.17, 15) is 0 Å². The summed E-state index contributed by atoms with van der Waals surface area (Å²) in [5.74, 6) is 0. The van der Waals surface area contributed by atoms with Gasteiger partial charge in [-0.1, -0.05) is 41.4 Å². The van der Waals surface area contributed by atoms with Crippen molar-refractivity contribution in [2.24, 2.45) is 0 Å². The Labute approximate surface area is 169 Å². The Bertz CT molecular complexity index is 942. The van der Waals surface area contributed by atoms with Crippen molar-refractivity contribution in [3.8, 4) is 11.3 Å². The predicted molar refractivity (Wildman–Crippen MR) is 113 cm³/mol. The zero-order chi connectivity index (χ0) is 18.6. The van der Waals surface area contributed by atoms with Crippen LogP contribution in [0.2, 0.25) is 10.0 Å². The van der Waals surface area contributed by atoms with Gasteiger partial charge < -0.3 is 10.1 Å². The number of pyridine rings is 1. The minimum Gasteiger partial charge on any atom is -0.383 e. The van der Waals surface area contributed by atoms with Crippen molar-refractivity contribution in [3.05, 3.63) is 58.6 Å². The summed E-state index contributed by atoms with van der Waals surface area (Å²) in [7, 11) is 0. The van der Waals surface area contributed by atoms with Gasteiger partial charge in [-0.2, -0.15) is 0 Å². The van der Waals surface area contributed by atoms with Crippen molar-refractivity contribution >= 4 is 39.8 Å². The highest BCUT2D eigenvalue weighted by molar-refractivity contribution is 6.35. The second-order valence-corrected chi connectivity index (χ2v) is 7.42. The molecule has 6 heteroatoms. The van der Waals surface area contributed by atoms with Gasteiger partial charge >= 0.3 is 0 Å². The molecule has 0 radical (unpaired) electrons. The molecule has 1 aliphatic rings. The van der Waals surface area contributed by atoms with Crippen LogP contribution in [-0.2, 0) is 4.74 Å². The molecule has 1 N–H and O–H groups in total. The van der Waals surface area contributed by atoms with Crippen molar-refractivity contribution < 1.29 is 4.74 Å². The van der Waals surface area contributed by atoms with Crippen LogP contribution in [0.3, 0.4) is 0 Å². The normalized spacial score (nSPS) is 15.2. The van der Waals surface area contributed by atoms with Crippen LogP contribution in [0.1, 0.15) is 0 Å². The molecule has 1 fully saturated rings. The summed E-state index contributed by atoms with van der Waals surface area (Å²) < 4.78 is 5.41. The number of benzene rings is 2. The monoisotopic (exact) mass is 401 g/mol. The lowest BCUT2D eigenvalue weighted by atomic mass is 10.1. The van der Waals surface area contributed by atoms with Gasteiger partial charge in [-0.15, -0.1) is 0 Å². The highest BCUT2D eigenvalue weighted by Crippen LogP contribution is 2.33. The first kappa shape index (κ1) is 18.5. The molecule has 0 unspecified atom stereocenters. The second kappa shape index (κ2) is 8.44. The fraction of sp³-hybridized carbons (Fsp3) is 0.286. The molecular formula is C21H21Cl2N3O. The number of halogens is 2. The van der Waals surface area contributed by atoms with E-state index in [4.69, 9.17) is 32.9 Å². The Balaban J connectivity index is 1.63.